The van der Waals surface area contributed by atoms with Gasteiger partial charge in [-0.05, 0) is 64.6 Å². The summed E-state index contributed by atoms with van der Waals surface area (Å²) in [7, 11) is 9.22. The minimum atomic E-state index is -0.971. The number of carboxylic acids is 1. The molecule has 14 heteroatoms. The quantitative estimate of drug-likeness (QED) is 0.154. The predicted molar refractivity (Wildman–Crippen MR) is 156 cm³/mol. The molecule has 0 aliphatic carbocycles. The number of carboxylic acid groups (broad SMARTS) is 1. The number of aromatic carboxylic acids is 1. The predicted octanol–water partition coefficient (Wildman–Crippen LogP) is 0.346. The van der Waals surface area contributed by atoms with Gasteiger partial charge in [-0.3, -0.25) is 10.2 Å². The fraction of sp³-hybridized carbons (Fsp3) is 0.310. The molecule has 0 aliphatic heterocycles. The van der Waals surface area contributed by atoms with Gasteiger partial charge in [0.25, 0.3) is 0 Å². The van der Waals surface area contributed by atoms with Gasteiger partial charge < -0.3 is 34.6 Å². The van der Waals surface area contributed by atoms with E-state index in [2.05, 4.69) is 20.4 Å². The molecule has 0 radical (unpaired) electrons. The monoisotopic (exact) mass is 588 g/mol. The Morgan fingerprint density at radius 3 is 1.60 bits per heavy atom. The molecular formula is C29H37LiN6O7. The van der Waals surface area contributed by atoms with E-state index in [0.717, 1.165) is 35.3 Å². The number of likely N-dealkylation sites (N-methyl/N-ethyl adjacent to an activating group) is 2. The van der Waals surface area contributed by atoms with Crippen molar-refractivity contribution < 1.29 is 53.2 Å². The molecule has 0 aliphatic rings. The zero-order valence-corrected chi connectivity index (χ0v) is 25.3. The van der Waals surface area contributed by atoms with Gasteiger partial charge in [0.05, 0.1) is 30.6 Å². The van der Waals surface area contributed by atoms with Crippen LogP contribution in [0.3, 0.4) is 0 Å². The molecule has 0 unspecified atom stereocenters. The SMILES string of the molecule is CN(C)CCOc1cc(C(=O)O)ccc1-c1cn[nH]c1.COC(=O)c1ccc(-c2cn[nH]c2)c(OCCN(C)C)c1.[Li+].[OH-]. The summed E-state index contributed by atoms with van der Waals surface area (Å²) in [5, 5.41) is 22.4. The summed E-state index contributed by atoms with van der Waals surface area (Å²) in [6.45, 7) is 2.55. The first-order valence-electron chi connectivity index (χ1n) is 12.8. The number of esters is 1. The second-order valence-corrected chi connectivity index (χ2v) is 9.50. The summed E-state index contributed by atoms with van der Waals surface area (Å²) in [5.41, 5.74) is 4.15. The number of rotatable bonds is 12. The third-order valence-corrected chi connectivity index (χ3v) is 5.84. The molecule has 0 atom stereocenters. The second-order valence-electron chi connectivity index (χ2n) is 9.50. The van der Waals surface area contributed by atoms with Crippen molar-refractivity contribution in [3.63, 3.8) is 0 Å². The number of nitrogens with one attached hydrogen (secondary N) is 2. The normalized spacial score (nSPS) is 10.2. The molecule has 2 heterocycles. The van der Waals surface area contributed by atoms with Crippen molar-refractivity contribution in [3.8, 4) is 33.8 Å². The molecule has 43 heavy (non-hydrogen) atoms. The van der Waals surface area contributed by atoms with Gasteiger partial charge in [-0.2, -0.15) is 10.2 Å². The fourth-order valence-electron chi connectivity index (χ4n) is 3.61. The van der Waals surface area contributed by atoms with E-state index in [0.29, 0.717) is 30.3 Å². The molecule has 0 amide bonds. The molecule has 0 bridgehead atoms. The Kier molecular flexibility index (Phi) is 15.8. The summed E-state index contributed by atoms with van der Waals surface area (Å²) in [6.07, 6.45) is 6.92. The Labute approximate surface area is 262 Å². The number of nitrogens with zero attached hydrogens (tertiary/aromatic N) is 4. The van der Waals surface area contributed by atoms with E-state index >= 15 is 0 Å². The smallest absolute Gasteiger partial charge is 0.870 e. The van der Waals surface area contributed by atoms with Crippen molar-refractivity contribution in [2.75, 3.05) is 61.6 Å². The molecule has 2 aromatic heterocycles. The first-order chi connectivity index (χ1) is 19.7. The van der Waals surface area contributed by atoms with E-state index in [-0.39, 0.29) is 35.9 Å². The summed E-state index contributed by atoms with van der Waals surface area (Å²) < 4.78 is 16.3. The Morgan fingerprint density at radius 2 is 1.23 bits per heavy atom. The Bertz CT molecular complexity index is 1400. The van der Waals surface area contributed by atoms with E-state index in [9.17, 15) is 9.59 Å². The third kappa shape index (κ3) is 11.2. The molecular weight excluding hydrogens is 551 g/mol. The molecule has 4 rings (SSSR count). The second kappa shape index (κ2) is 18.4. The standard InChI is InChI=1S/C15H19N3O3.C14H17N3O3.Li.H2O/c1-18(2)6-7-21-14-8-11(15(19)20-3)4-5-13(14)12-9-16-17-10-12;1-17(2)5-6-20-13-7-10(14(18)19)3-4-12(13)11-8-15-16-9-11;;/h4-5,8-10H,6-7H2,1-3H3,(H,16,17);3-4,7-9H,5-6H2,1-2H3,(H,15,16)(H,18,19);;1H2/q;;+1;/p-1. The van der Waals surface area contributed by atoms with Crippen LogP contribution in [0.4, 0.5) is 0 Å². The maximum absolute atomic E-state index is 11.6. The summed E-state index contributed by atoms with van der Waals surface area (Å²) >= 11 is 0. The van der Waals surface area contributed by atoms with Crippen LogP contribution < -0.4 is 28.3 Å². The number of aromatic amines is 2. The molecule has 2 aromatic carbocycles. The Hall–Kier alpha value is -4.12. The first kappa shape index (κ1) is 36.9. The number of benzene rings is 2. The van der Waals surface area contributed by atoms with Crippen LogP contribution in [0.15, 0.2) is 61.2 Å². The van der Waals surface area contributed by atoms with Gasteiger partial charge in [0.2, 0.25) is 0 Å². The molecule has 4 N–H and O–H groups in total. The number of methoxy groups -OCH3 is 1. The minimum Gasteiger partial charge on any atom is -0.870 e. The average Bonchev–Trinajstić information content (AvgIpc) is 3.68. The van der Waals surface area contributed by atoms with Gasteiger partial charge in [-0.1, -0.05) is 0 Å². The summed E-state index contributed by atoms with van der Waals surface area (Å²) in [6, 6.07) is 10.1. The summed E-state index contributed by atoms with van der Waals surface area (Å²) in [5.74, 6) is -0.165. The number of hydrogen-bond donors (Lipinski definition) is 3. The van der Waals surface area contributed by atoms with Crippen LogP contribution in [-0.2, 0) is 4.74 Å². The largest absolute Gasteiger partial charge is 1.00 e. The Morgan fingerprint density at radius 1 is 0.791 bits per heavy atom. The van der Waals surface area contributed by atoms with Crippen molar-refractivity contribution in [3.05, 3.63) is 72.3 Å². The van der Waals surface area contributed by atoms with Gasteiger partial charge in [-0.15, -0.1) is 0 Å². The van der Waals surface area contributed by atoms with Crippen molar-refractivity contribution in [2.24, 2.45) is 0 Å². The average molecular weight is 589 g/mol. The number of ether oxygens (including phenoxy) is 3. The third-order valence-electron chi connectivity index (χ3n) is 5.84. The molecule has 0 saturated carbocycles. The number of H-pyrrole nitrogens is 2. The van der Waals surface area contributed by atoms with E-state index in [1.807, 2.05) is 44.1 Å². The molecule has 226 valence electrons. The van der Waals surface area contributed by atoms with Gasteiger partial charge in [0, 0.05) is 47.7 Å². The van der Waals surface area contributed by atoms with E-state index in [1.54, 1.807) is 55.1 Å². The van der Waals surface area contributed by atoms with Gasteiger partial charge in [0.15, 0.2) is 0 Å². The van der Waals surface area contributed by atoms with Crippen molar-refractivity contribution >= 4 is 11.9 Å². The van der Waals surface area contributed by atoms with Crippen LogP contribution in [0, 0.1) is 0 Å². The van der Waals surface area contributed by atoms with Gasteiger partial charge in [0.1, 0.15) is 24.7 Å². The van der Waals surface area contributed by atoms with Gasteiger partial charge in [-0.25, -0.2) is 9.59 Å². The van der Waals surface area contributed by atoms with Crippen LogP contribution in [0.1, 0.15) is 20.7 Å². The molecule has 0 fully saturated rings. The van der Waals surface area contributed by atoms with Crippen molar-refractivity contribution in [1.82, 2.24) is 30.2 Å². The van der Waals surface area contributed by atoms with Crippen LogP contribution in [0.25, 0.3) is 22.3 Å². The maximum Gasteiger partial charge on any atom is 1.00 e. The number of aromatic nitrogens is 4. The van der Waals surface area contributed by atoms with Crippen LogP contribution in [0.5, 0.6) is 11.5 Å². The number of hydrogen-bond acceptors (Lipinski definition) is 10. The fourth-order valence-corrected chi connectivity index (χ4v) is 3.61. The number of carbonyl (C=O) groups is 2. The maximum atomic E-state index is 11.6. The van der Waals surface area contributed by atoms with E-state index in [4.69, 9.17) is 19.3 Å². The van der Waals surface area contributed by atoms with Crippen molar-refractivity contribution in [1.29, 1.82) is 0 Å². The zero-order chi connectivity index (χ0) is 29.8. The van der Waals surface area contributed by atoms with E-state index in [1.165, 1.54) is 7.11 Å². The van der Waals surface area contributed by atoms with E-state index < -0.39 is 5.97 Å². The Balaban J connectivity index is 0.000000411. The summed E-state index contributed by atoms with van der Waals surface area (Å²) in [4.78, 5) is 26.7. The zero-order valence-electron chi connectivity index (χ0n) is 25.3. The van der Waals surface area contributed by atoms with Crippen LogP contribution >= 0.6 is 0 Å². The topological polar surface area (TPSA) is 176 Å². The van der Waals surface area contributed by atoms with Crippen LogP contribution in [-0.4, -0.2) is 114 Å². The number of carbonyl (C=O) groups excluding carboxylic acids is 1. The molecule has 4 aromatic rings. The van der Waals surface area contributed by atoms with Crippen molar-refractivity contribution in [2.45, 2.75) is 0 Å². The minimum absolute atomic E-state index is 0. The van der Waals surface area contributed by atoms with Crippen LogP contribution in [0.2, 0.25) is 0 Å². The molecule has 13 nitrogen and oxygen atoms in total. The van der Waals surface area contributed by atoms with Gasteiger partial charge >= 0.3 is 30.8 Å². The molecule has 0 spiro atoms. The molecule has 0 saturated heterocycles. The first-order valence-corrected chi connectivity index (χ1v) is 12.8.